The average molecular weight is 408 g/mol. The third-order valence-corrected chi connectivity index (χ3v) is 7.35. The summed E-state index contributed by atoms with van der Waals surface area (Å²) in [5.41, 5.74) is 1.01. The van der Waals surface area contributed by atoms with Crippen molar-refractivity contribution >= 4 is 27.3 Å². The molecule has 11 heteroatoms. The molecule has 2 aliphatic heterocycles. The molecule has 0 radical (unpaired) electrons. The van der Waals surface area contributed by atoms with Crippen molar-refractivity contribution in [3.05, 3.63) is 18.1 Å². The molecule has 4 rings (SSSR count). The molecular formula is C17H24N6O4S. The first-order chi connectivity index (χ1) is 13.2. The summed E-state index contributed by atoms with van der Waals surface area (Å²) in [7, 11) is -3.47. The van der Waals surface area contributed by atoms with Crippen LogP contribution in [0.4, 0.5) is 17.5 Å². The lowest BCUT2D eigenvalue weighted by Gasteiger charge is -2.45. The molecule has 0 aromatic carbocycles. The molecule has 1 unspecified atom stereocenters. The molecule has 1 saturated heterocycles. The van der Waals surface area contributed by atoms with Crippen LogP contribution in [0, 0.1) is 0 Å². The standard InChI is InChI=1S/C17H24N6O4S/c1-10-7-26-8-12-9-27-13-14(17(2,3)28(4,24)25)21-16(22-15(13)23(10)12)20-11-5-18-19-6-11/h5-6,10,12H,7-9H2,1-4H3,(H,18,19)(H,20,21,22)/t10-,12?/m1/s1. The van der Waals surface area contributed by atoms with E-state index in [1.165, 1.54) is 6.26 Å². The molecule has 0 aliphatic carbocycles. The van der Waals surface area contributed by atoms with Crippen molar-refractivity contribution in [1.29, 1.82) is 0 Å². The summed E-state index contributed by atoms with van der Waals surface area (Å²) in [6.45, 7) is 6.80. The van der Waals surface area contributed by atoms with Gasteiger partial charge < -0.3 is 19.7 Å². The van der Waals surface area contributed by atoms with E-state index in [4.69, 9.17) is 9.47 Å². The van der Waals surface area contributed by atoms with E-state index in [0.717, 1.165) is 0 Å². The second-order valence-electron chi connectivity index (χ2n) is 7.70. The molecule has 2 aromatic rings. The van der Waals surface area contributed by atoms with Crippen LogP contribution in [0.5, 0.6) is 5.75 Å². The molecule has 152 valence electrons. The lowest BCUT2D eigenvalue weighted by atomic mass is 10.0. The van der Waals surface area contributed by atoms with Crippen LogP contribution < -0.4 is 15.0 Å². The maximum absolute atomic E-state index is 12.5. The Bertz CT molecular complexity index is 976. The van der Waals surface area contributed by atoms with Gasteiger partial charge in [0.15, 0.2) is 21.4 Å². The topological polar surface area (TPSA) is 122 Å². The Hall–Kier alpha value is -2.40. The van der Waals surface area contributed by atoms with Crippen molar-refractivity contribution in [2.75, 3.05) is 36.3 Å². The second kappa shape index (κ2) is 6.59. The number of nitrogens with one attached hydrogen (secondary N) is 2. The summed E-state index contributed by atoms with van der Waals surface area (Å²) in [5, 5.41) is 9.71. The molecule has 1 fully saturated rings. The van der Waals surface area contributed by atoms with Crippen LogP contribution in [0.25, 0.3) is 0 Å². The summed E-state index contributed by atoms with van der Waals surface area (Å²) in [6, 6.07) is 0.0920. The normalized spacial score (nSPS) is 22.2. The minimum atomic E-state index is -3.47. The summed E-state index contributed by atoms with van der Waals surface area (Å²) in [6.07, 6.45) is 4.47. The Kier molecular flexibility index (Phi) is 4.46. The van der Waals surface area contributed by atoms with Crippen LogP contribution in [0.3, 0.4) is 0 Å². The van der Waals surface area contributed by atoms with Gasteiger partial charge in [-0.2, -0.15) is 10.1 Å². The van der Waals surface area contributed by atoms with E-state index < -0.39 is 14.6 Å². The van der Waals surface area contributed by atoms with Gasteiger partial charge in [0, 0.05) is 12.5 Å². The number of anilines is 3. The molecule has 0 amide bonds. The van der Waals surface area contributed by atoms with Gasteiger partial charge in [-0.05, 0) is 20.8 Å². The first-order valence-corrected chi connectivity index (χ1v) is 10.9. The predicted octanol–water partition coefficient (Wildman–Crippen LogP) is 1.21. The van der Waals surface area contributed by atoms with Gasteiger partial charge in [0.05, 0.1) is 37.2 Å². The highest BCUT2D eigenvalue weighted by Crippen LogP contribution is 2.44. The van der Waals surface area contributed by atoms with Crippen LogP contribution in [-0.4, -0.2) is 66.7 Å². The molecule has 2 N–H and O–H groups in total. The minimum absolute atomic E-state index is 0.0159. The van der Waals surface area contributed by atoms with E-state index in [1.807, 2.05) is 6.92 Å². The fraction of sp³-hybridized carbons (Fsp3) is 0.588. The van der Waals surface area contributed by atoms with Crippen LogP contribution >= 0.6 is 0 Å². The van der Waals surface area contributed by atoms with E-state index in [1.54, 1.807) is 26.2 Å². The molecule has 4 heterocycles. The number of nitrogens with zero attached hydrogens (tertiary/aromatic N) is 4. The second-order valence-corrected chi connectivity index (χ2v) is 10.3. The van der Waals surface area contributed by atoms with Gasteiger partial charge in [0.2, 0.25) is 5.95 Å². The van der Waals surface area contributed by atoms with Crippen molar-refractivity contribution in [1.82, 2.24) is 20.2 Å². The van der Waals surface area contributed by atoms with Gasteiger partial charge in [-0.25, -0.2) is 13.4 Å². The molecule has 28 heavy (non-hydrogen) atoms. The molecule has 2 aromatic heterocycles. The Morgan fingerprint density at radius 1 is 1.29 bits per heavy atom. The van der Waals surface area contributed by atoms with Gasteiger partial charge in [0.25, 0.3) is 0 Å². The molecule has 2 aliphatic rings. The number of ether oxygens (including phenoxy) is 2. The molecule has 0 bridgehead atoms. The summed E-state index contributed by atoms with van der Waals surface area (Å²) < 4.78 is 35.4. The highest BCUT2D eigenvalue weighted by Gasteiger charge is 2.43. The highest BCUT2D eigenvalue weighted by molar-refractivity contribution is 7.91. The van der Waals surface area contributed by atoms with Crippen molar-refractivity contribution < 1.29 is 17.9 Å². The quantitative estimate of drug-likeness (QED) is 0.768. The number of sulfone groups is 1. The smallest absolute Gasteiger partial charge is 0.229 e. The number of fused-ring (bicyclic) bond motifs is 3. The number of H-pyrrole nitrogens is 1. The lowest BCUT2D eigenvalue weighted by Crippen LogP contribution is -2.56. The lowest BCUT2D eigenvalue weighted by molar-refractivity contribution is 0.0482. The number of morpholine rings is 1. The number of aromatic amines is 1. The van der Waals surface area contributed by atoms with Gasteiger partial charge in [-0.1, -0.05) is 0 Å². The fourth-order valence-corrected chi connectivity index (χ4v) is 3.91. The van der Waals surface area contributed by atoms with Gasteiger partial charge >= 0.3 is 0 Å². The summed E-state index contributed by atoms with van der Waals surface area (Å²) >= 11 is 0. The van der Waals surface area contributed by atoms with Gasteiger partial charge in [-0.3, -0.25) is 5.10 Å². The van der Waals surface area contributed by atoms with Crippen LogP contribution in [0.2, 0.25) is 0 Å². The van der Waals surface area contributed by atoms with Crippen molar-refractivity contribution in [2.24, 2.45) is 0 Å². The molecular weight excluding hydrogens is 384 g/mol. The van der Waals surface area contributed by atoms with Crippen molar-refractivity contribution in [2.45, 2.75) is 37.6 Å². The van der Waals surface area contributed by atoms with Crippen molar-refractivity contribution in [3.8, 4) is 5.75 Å². The van der Waals surface area contributed by atoms with Crippen LogP contribution in [0.1, 0.15) is 26.5 Å². The van der Waals surface area contributed by atoms with Crippen LogP contribution in [0.15, 0.2) is 12.4 Å². The first kappa shape index (κ1) is 18.9. The fourth-order valence-electron chi connectivity index (χ4n) is 3.42. The maximum Gasteiger partial charge on any atom is 0.229 e. The monoisotopic (exact) mass is 408 g/mol. The number of aromatic nitrogens is 4. The Balaban J connectivity index is 1.89. The number of hydrogen-bond acceptors (Lipinski definition) is 9. The van der Waals surface area contributed by atoms with E-state index in [2.05, 4.69) is 30.4 Å². The third-order valence-electron chi connectivity index (χ3n) is 5.30. The molecule has 0 saturated carbocycles. The average Bonchev–Trinajstić information content (AvgIpc) is 3.13. The van der Waals surface area contributed by atoms with E-state index >= 15 is 0 Å². The zero-order chi connectivity index (χ0) is 20.1. The van der Waals surface area contributed by atoms with E-state index in [-0.39, 0.29) is 18.0 Å². The third kappa shape index (κ3) is 3.08. The maximum atomic E-state index is 12.5. The molecule has 10 nitrogen and oxygen atoms in total. The Morgan fingerprint density at radius 3 is 2.75 bits per heavy atom. The largest absolute Gasteiger partial charge is 0.486 e. The molecule has 0 spiro atoms. The summed E-state index contributed by atoms with van der Waals surface area (Å²) in [4.78, 5) is 11.3. The Labute approximate surface area is 163 Å². The minimum Gasteiger partial charge on any atom is -0.486 e. The molecule has 2 atom stereocenters. The highest BCUT2D eigenvalue weighted by atomic mass is 32.2. The predicted molar refractivity (Wildman–Crippen MR) is 104 cm³/mol. The van der Waals surface area contributed by atoms with Crippen LogP contribution in [-0.2, 0) is 19.3 Å². The summed E-state index contributed by atoms with van der Waals surface area (Å²) in [5.74, 6) is 1.28. The van der Waals surface area contributed by atoms with Gasteiger partial charge in [-0.15, -0.1) is 0 Å². The van der Waals surface area contributed by atoms with E-state index in [9.17, 15) is 8.42 Å². The Morgan fingerprint density at radius 2 is 2.07 bits per heavy atom. The number of hydrogen-bond donors (Lipinski definition) is 2. The zero-order valence-electron chi connectivity index (χ0n) is 16.3. The van der Waals surface area contributed by atoms with E-state index in [0.29, 0.717) is 42.8 Å². The number of rotatable bonds is 4. The SMILES string of the molecule is C[C@@H]1COCC2COc3c(nc(Nc4cn[nH]c4)nc3C(C)(C)S(C)(=O)=O)N21. The first-order valence-electron chi connectivity index (χ1n) is 9.05. The van der Waals surface area contributed by atoms with Gasteiger partial charge in [0.1, 0.15) is 17.0 Å². The zero-order valence-corrected chi connectivity index (χ0v) is 17.1. The van der Waals surface area contributed by atoms with Crippen molar-refractivity contribution in [3.63, 3.8) is 0 Å².